The normalized spacial score (nSPS) is 40.2. The van der Waals surface area contributed by atoms with Crippen LogP contribution in [0.3, 0.4) is 0 Å². The van der Waals surface area contributed by atoms with Gasteiger partial charge in [-0.05, 0) is 19.4 Å². The van der Waals surface area contributed by atoms with Gasteiger partial charge < -0.3 is 24.4 Å². The summed E-state index contributed by atoms with van der Waals surface area (Å²) in [7, 11) is 0. The third kappa shape index (κ3) is 2.85. The molecule has 0 amide bonds. The van der Waals surface area contributed by atoms with Crippen molar-refractivity contribution in [3.05, 3.63) is 35.5 Å². The highest BCUT2D eigenvalue weighted by Crippen LogP contribution is 2.58. The van der Waals surface area contributed by atoms with E-state index >= 15 is 0 Å². The largest absolute Gasteiger partial charge is 0.458 e. The van der Waals surface area contributed by atoms with E-state index in [1.54, 1.807) is 0 Å². The molecule has 0 aromatic heterocycles. The molecular formula is C20H24O7. The molecule has 146 valence electrons. The van der Waals surface area contributed by atoms with Crippen LogP contribution in [0, 0.1) is 17.8 Å². The average molecular weight is 376 g/mol. The number of aliphatic hydroxyl groups is 2. The maximum atomic E-state index is 12.5. The molecule has 7 nitrogen and oxygen atoms in total. The van der Waals surface area contributed by atoms with E-state index in [4.69, 9.17) is 19.3 Å². The van der Waals surface area contributed by atoms with E-state index in [2.05, 4.69) is 12.7 Å². The van der Waals surface area contributed by atoms with Crippen LogP contribution < -0.4 is 0 Å². The molecule has 4 aliphatic rings. The summed E-state index contributed by atoms with van der Waals surface area (Å²) < 4.78 is 17.2. The van der Waals surface area contributed by atoms with Crippen molar-refractivity contribution < 1.29 is 34.0 Å². The molecule has 2 N–H and O–H groups in total. The van der Waals surface area contributed by atoms with Gasteiger partial charge in [-0.15, -0.1) is 0 Å². The van der Waals surface area contributed by atoms with Crippen LogP contribution in [-0.4, -0.2) is 59.8 Å². The Bertz CT molecular complexity index is 745. The van der Waals surface area contributed by atoms with Crippen LogP contribution >= 0.6 is 0 Å². The third-order valence-corrected chi connectivity index (χ3v) is 6.44. The van der Waals surface area contributed by atoms with Crippen molar-refractivity contribution in [3.63, 3.8) is 0 Å². The molecule has 0 bridgehead atoms. The van der Waals surface area contributed by atoms with Crippen molar-refractivity contribution in [2.24, 2.45) is 17.8 Å². The second-order valence-electron chi connectivity index (χ2n) is 7.81. The minimum absolute atomic E-state index is 0.0174. The molecule has 6 atom stereocenters. The van der Waals surface area contributed by atoms with Gasteiger partial charge in [0.2, 0.25) is 0 Å². The molecule has 0 aromatic carbocycles. The molecule has 2 aliphatic heterocycles. The molecule has 2 saturated heterocycles. The summed E-state index contributed by atoms with van der Waals surface area (Å²) in [6.07, 6.45) is 3.61. The zero-order valence-electron chi connectivity index (χ0n) is 15.2. The fraction of sp³-hybridized carbons (Fsp3) is 0.600. The third-order valence-electron chi connectivity index (χ3n) is 6.44. The van der Waals surface area contributed by atoms with Crippen LogP contribution in [0.1, 0.15) is 19.8 Å². The Morgan fingerprint density at radius 3 is 2.81 bits per heavy atom. The van der Waals surface area contributed by atoms with Gasteiger partial charge in [0.05, 0.1) is 36.9 Å². The Morgan fingerprint density at radius 2 is 2.19 bits per heavy atom. The number of ether oxygens (including phenoxy) is 3. The number of esters is 2. The van der Waals surface area contributed by atoms with E-state index in [0.29, 0.717) is 18.6 Å². The Hall–Kier alpha value is -1.96. The van der Waals surface area contributed by atoms with Crippen LogP contribution in [0.2, 0.25) is 0 Å². The van der Waals surface area contributed by atoms with Gasteiger partial charge in [0.25, 0.3) is 0 Å². The van der Waals surface area contributed by atoms with Gasteiger partial charge in [0.1, 0.15) is 12.2 Å². The lowest BCUT2D eigenvalue weighted by molar-refractivity contribution is -0.149. The first-order valence-corrected chi connectivity index (χ1v) is 9.24. The van der Waals surface area contributed by atoms with Gasteiger partial charge in [-0.2, -0.15) is 0 Å². The standard InChI is InChI=1S/C20H24O7/c1-10-3-4-13-15(10)17-16(11(2)18(23)27-17)14(7-20(13)9-25-20)26-19(24)12(8-22)5-6-21/h3,5,13-17,21-22H,2,4,6-9H2,1H3/b12-5+/t13-,14-,15+,16-,17+,20-/m1/s1. The Morgan fingerprint density at radius 1 is 1.44 bits per heavy atom. The lowest BCUT2D eigenvalue weighted by Gasteiger charge is -2.29. The van der Waals surface area contributed by atoms with E-state index in [0.717, 1.165) is 12.0 Å². The lowest BCUT2D eigenvalue weighted by Crippen LogP contribution is -2.36. The van der Waals surface area contributed by atoms with Crippen LogP contribution in [-0.2, 0) is 23.8 Å². The van der Waals surface area contributed by atoms with Crippen LogP contribution in [0.4, 0.5) is 0 Å². The van der Waals surface area contributed by atoms with Crippen molar-refractivity contribution in [3.8, 4) is 0 Å². The molecule has 7 heteroatoms. The lowest BCUT2D eigenvalue weighted by atomic mass is 9.78. The first-order valence-electron chi connectivity index (χ1n) is 9.24. The number of epoxide rings is 1. The average Bonchev–Trinajstić information content (AvgIpc) is 3.24. The van der Waals surface area contributed by atoms with Crippen molar-refractivity contribution in [1.82, 2.24) is 0 Å². The maximum Gasteiger partial charge on any atom is 0.336 e. The molecule has 3 fully saturated rings. The predicted molar refractivity (Wildman–Crippen MR) is 93.3 cm³/mol. The van der Waals surface area contributed by atoms with Crippen molar-refractivity contribution >= 4 is 11.9 Å². The van der Waals surface area contributed by atoms with Gasteiger partial charge in [-0.3, -0.25) is 0 Å². The number of rotatable bonds is 4. The highest BCUT2D eigenvalue weighted by atomic mass is 16.6. The smallest absolute Gasteiger partial charge is 0.336 e. The minimum atomic E-state index is -0.711. The van der Waals surface area contributed by atoms with Gasteiger partial charge >= 0.3 is 11.9 Å². The number of hydrogen-bond acceptors (Lipinski definition) is 7. The van der Waals surface area contributed by atoms with Gasteiger partial charge in [0, 0.05) is 23.8 Å². The minimum Gasteiger partial charge on any atom is -0.458 e. The number of carbonyl (C=O) groups excluding carboxylic acids is 2. The molecule has 4 rings (SSSR count). The first-order chi connectivity index (χ1) is 12.9. The van der Waals surface area contributed by atoms with Crippen molar-refractivity contribution in [2.45, 2.75) is 37.6 Å². The number of hydrogen-bond donors (Lipinski definition) is 2. The summed E-state index contributed by atoms with van der Waals surface area (Å²) in [4.78, 5) is 24.7. The fourth-order valence-corrected chi connectivity index (χ4v) is 4.98. The maximum absolute atomic E-state index is 12.5. The molecule has 1 saturated carbocycles. The Labute approximate surface area is 157 Å². The van der Waals surface area contributed by atoms with Crippen LogP contribution in [0.5, 0.6) is 0 Å². The SMILES string of the molecule is C=C1C(=O)O[C@H]2[C@H]3C(C)=CC[C@H]3[C@]3(CO3)C[C@@H](OC(=O)/C(=C/CO)CO)[C@@H]12. The van der Waals surface area contributed by atoms with Crippen LogP contribution in [0.25, 0.3) is 0 Å². The molecule has 27 heavy (non-hydrogen) atoms. The highest BCUT2D eigenvalue weighted by molar-refractivity contribution is 5.92. The summed E-state index contributed by atoms with van der Waals surface area (Å²) >= 11 is 0. The summed E-state index contributed by atoms with van der Waals surface area (Å²) in [5.41, 5.74) is 1.07. The van der Waals surface area contributed by atoms with E-state index in [1.165, 1.54) is 6.08 Å². The number of aliphatic hydroxyl groups excluding tert-OH is 2. The highest BCUT2D eigenvalue weighted by Gasteiger charge is 2.65. The predicted octanol–water partition coefficient (Wildman–Crippen LogP) is 0.662. The van der Waals surface area contributed by atoms with E-state index in [9.17, 15) is 14.7 Å². The Kier molecular flexibility index (Phi) is 4.49. The molecule has 2 heterocycles. The summed E-state index contributed by atoms with van der Waals surface area (Å²) in [5, 5.41) is 18.4. The number of fused-ring (bicyclic) bond motifs is 4. The summed E-state index contributed by atoms with van der Waals surface area (Å²) in [6, 6.07) is 0. The zero-order valence-corrected chi connectivity index (χ0v) is 15.2. The van der Waals surface area contributed by atoms with Crippen molar-refractivity contribution in [1.29, 1.82) is 0 Å². The molecule has 1 spiro atoms. The monoisotopic (exact) mass is 376 g/mol. The molecule has 0 aromatic rings. The zero-order chi connectivity index (χ0) is 19.3. The summed E-state index contributed by atoms with van der Waals surface area (Å²) in [5.74, 6) is -1.41. The first kappa shape index (κ1) is 18.4. The van der Waals surface area contributed by atoms with Gasteiger partial charge in [-0.25, -0.2) is 9.59 Å². The Balaban J connectivity index is 1.68. The van der Waals surface area contributed by atoms with Gasteiger partial charge in [0.15, 0.2) is 0 Å². The molecule has 2 aliphatic carbocycles. The van der Waals surface area contributed by atoms with Crippen LogP contribution in [0.15, 0.2) is 35.5 Å². The van der Waals surface area contributed by atoms with Gasteiger partial charge in [-0.1, -0.05) is 18.2 Å². The fourth-order valence-electron chi connectivity index (χ4n) is 4.98. The second kappa shape index (κ2) is 6.58. The quantitative estimate of drug-likeness (QED) is 0.321. The topological polar surface area (TPSA) is 106 Å². The summed E-state index contributed by atoms with van der Waals surface area (Å²) in [6.45, 7) is 5.60. The van der Waals surface area contributed by atoms with E-state index < -0.39 is 36.7 Å². The second-order valence-corrected chi connectivity index (χ2v) is 7.81. The number of carbonyl (C=O) groups is 2. The van der Waals surface area contributed by atoms with E-state index in [-0.39, 0.29) is 29.6 Å². The molecule has 0 unspecified atom stereocenters. The van der Waals surface area contributed by atoms with E-state index in [1.807, 2.05) is 6.92 Å². The number of allylic oxidation sites excluding steroid dienone is 1. The molecule has 0 radical (unpaired) electrons. The van der Waals surface area contributed by atoms with Crippen molar-refractivity contribution in [2.75, 3.05) is 19.8 Å². The molecular weight excluding hydrogens is 352 g/mol.